The Morgan fingerprint density at radius 2 is 1.71 bits per heavy atom. The van der Waals surface area contributed by atoms with Crippen molar-refractivity contribution >= 4 is 18.0 Å². The first-order valence-corrected chi connectivity index (χ1v) is 7.73. The Kier molecular flexibility index (Phi) is 13.4. The van der Waals surface area contributed by atoms with Crippen molar-refractivity contribution in [3.63, 3.8) is 0 Å². The Balaban J connectivity index is 0. The number of aliphatic hydroxyl groups is 1. The number of aliphatic hydroxyl groups excluding tert-OH is 1. The van der Waals surface area contributed by atoms with Crippen LogP contribution in [0.4, 0.5) is 0 Å². The number of carbonyl (C=O) groups is 1. The molecule has 2 N–H and O–H groups in total. The highest BCUT2D eigenvalue weighted by molar-refractivity contribution is 6.30. The van der Waals surface area contributed by atoms with Gasteiger partial charge in [0.15, 0.2) is 0 Å². The van der Waals surface area contributed by atoms with Gasteiger partial charge in [0.25, 0.3) is 0 Å². The molecule has 1 atom stereocenters. The van der Waals surface area contributed by atoms with Gasteiger partial charge in [-0.15, -0.1) is 0 Å². The normalized spacial score (nSPS) is 11.2. The summed E-state index contributed by atoms with van der Waals surface area (Å²) < 4.78 is 0. The summed E-state index contributed by atoms with van der Waals surface area (Å²) in [5, 5.41) is 11.7. The van der Waals surface area contributed by atoms with E-state index in [1.165, 1.54) is 5.56 Å². The first-order valence-electron chi connectivity index (χ1n) is 7.35. The van der Waals surface area contributed by atoms with E-state index in [1.54, 1.807) is 0 Å². The lowest BCUT2D eigenvalue weighted by Crippen LogP contribution is -2.21. The summed E-state index contributed by atoms with van der Waals surface area (Å²) in [6, 6.07) is 8.01. The first-order chi connectivity index (χ1) is 9.81. The van der Waals surface area contributed by atoms with E-state index in [-0.39, 0.29) is 17.9 Å². The molecule has 1 rings (SSSR count). The maximum Gasteiger partial charge on any atom is 0.207 e. The highest BCUT2D eigenvalue weighted by atomic mass is 35.5. The van der Waals surface area contributed by atoms with Gasteiger partial charge in [0, 0.05) is 18.2 Å². The fourth-order valence-electron chi connectivity index (χ4n) is 1.26. The molecule has 1 aromatic rings. The molecule has 0 bridgehead atoms. The van der Waals surface area contributed by atoms with E-state index < -0.39 is 0 Å². The summed E-state index contributed by atoms with van der Waals surface area (Å²) in [5.74, 6) is 0.167. The van der Waals surface area contributed by atoms with Crippen molar-refractivity contribution in [3.05, 3.63) is 34.9 Å². The van der Waals surface area contributed by atoms with E-state index >= 15 is 0 Å². The largest absolute Gasteiger partial charge is 0.396 e. The second kappa shape index (κ2) is 12.7. The second-order valence-corrected chi connectivity index (χ2v) is 6.01. The second-order valence-electron chi connectivity index (χ2n) is 5.57. The molecule has 0 saturated carbocycles. The summed E-state index contributed by atoms with van der Waals surface area (Å²) in [7, 11) is 0. The summed E-state index contributed by atoms with van der Waals surface area (Å²) >= 11 is 5.76. The molecule has 0 aliphatic heterocycles. The number of halogens is 1. The molecule has 0 fully saturated rings. The number of nitrogens with one attached hydrogen (secondary N) is 1. The topological polar surface area (TPSA) is 49.3 Å². The van der Waals surface area contributed by atoms with E-state index in [2.05, 4.69) is 38.2 Å². The highest BCUT2D eigenvalue weighted by Crippen LogP contribution is 2.23. The minimum absolute atomic E-state index is 0.126. The van der Waals surface area contributed by atoms with Gasteiger partial charge in [-0.3, -0.25) is 4.79 Å². The van der Waals surface area contributed by atoms with E-state index in [1.807, 2.05) is 32.9 Å². The lowest BCUT2D eigenvalue weighted by molar-refractivity contribution is -0.109. The number of benzene rings is 1. The van der Waals surface area contributed by atoms with Gasteiger partial charge >= 0.3 is 0 Å². The summed E-state index contributed by atoms with van der Waals surface area (Å²) in [5.41, 5.74) is 1.55. The number of amides is 1. The summed E-state index contributed by atoms with van der Waals surface area (Å²) in [4.78, 5) is 9.63. The zero-order valence-corrected chi connectivity index (χ0v) is 14.9. The Morgan fingerprint density at radius 1 is 1.24 bits per heavy atom. The maximum absolute atomic E-state index is 9.63. The summed E-state index contributed by atoms with van der Waals surface area (Å²) in [6.45, 7) is 13.1. The molecule has 1 unspecified atom stereocenters. The third-order valence-corrected chi connectivity index (χ3v) is 2.82. The van der Waals surface area contributed by atoms with E-state index in [9.17, 15) is 4.79 Å². The predicted octanol–water partition coefficient (Wildman–Crippen LogP) is 4.02. The highest BCUT2D eigenvalue weighted by Gasteiger charge is 2.12. The van der Waals surface area contributed by atoms with Crippen LogP contribution in [0.5, 0.6) is 0 Å². The lowest BCUT2D eigenvalue weighted by atomic mass is 9.87. The number of hydrogen-bond acceptors (Lipinski definition) is 2. The van der Waals surface area contributed by atoms with Crippen LogP contribution >= 0.6 is 11.6 Å². The molecule has 1 aromatic carbocycles. The minimum Gasteiger partial charge on any atom is -0.396 e. The fourth-order valence-corrected chi connectivity index (χ4v) is 1.39. The van der Waals surface area contributed by atoms with Gasteiger partial charge in [-0.05, 0) is 29.0 Å². The van der Waals surface area contributed by atoms with Gasteiger partial charge in [-0.1, -0.05) is 65.3 Å². The Labute approximate surface area is 134 Å². The van der Waals surface area contributed by atoms with Crippen molar-refractivity contribution in [2.45, 2.75) is 47.0 Å². The van der Waals surface area contributed by atoms with Gasteiger partial charge in [-0.25, -0.2) is 0 Å². The van der Waals surface area contributed by atoms with Crippen molar-refractivity contribution in [1.29, 1.82) is 0 Å². The third-order valence-electron chi connectivity index (χ3n) is 2.57. The van der Waals surface area contributed by atoms with Crippen LogP contribution in [0.25, 0.3) is 0 Å². The molecule has 0 aliphatic carbocycles. The molecule has 0 radical (unpaired) electrons. The molecule has 21 heavy (non-hydrogen) atoms. The zero-order valence-electron chi connectivity index (χ0n) is 14.1. The van der Waals surface area contributed by atoms with Gasteiger partial charge < -0.3 is 10.4 Å². The van der Waals surface area contributed by atoms with Crippen molar-refractivity contribution in [1.82, 2.24) is 5.32 Å². The first kappa shape index (κ1) is 22.2. The minimum atomic E-state index is 0.126. The molecule has 0 saturated heterocycles. The Morgan fingerprint density at radius 3 is 2.05 bits per heavy atom. The monoisotopic (exact) mass is 315 g/mol. The zero-order chi connectivity index (χ0) is 16.9. The number of hydrogen-bond donors (Lipinski definition) is 2. The van der Waals surface area contributed by atoms with Crippen molar-refractivity contribution in [2.24, 2.45) is 5.92 Å². The van der Waals surface area contributed by atoms with Crippen LogP contribution in [0.2, 0.25) is 5.02 Å². The van der Waals surface area contributed by atoms with E-state index in [4.69, 9.17) is 16.7 Å². The van der Waals surface area contributed by atoms with Gasteiger partial charge in [0.2, 0.25) is 6.41 Å². The standard InChI is InChI=1S/C10H13Cl.C5H11NO2.C2H6/c1-10(2,3)8-4-6-9(11)7-5-8;1-5(3-7)2-6-4-8;1-2/h4-7H,1-3H3;4-5,7H,2-3H2,1H3,(H,6,8);1-2H3. The molecule has 122 valence electrons. The van der Waals surface area contributed by atoms with Crippen LogP contribution in [0, 0.1) is 5.92 Å². The quantitative estimate of drug-likeness (QED) is 0.824. The molecule has 0 heterocycles. The van der Waals surface area contributed by atoms with Crippen LogP contribution in [-0.2, 0) is 10.2 Å². The van der Waals surface area contributed by atoms with Crippen LogP contribution < -0.4 is 5.32 Å². The van der Waals surface area contributed by atoms with E-state index in [0.29, 0.717) is 13.0 Å². The van der Waals surface area contributed by atoms with Crippen molar-refractivity contribution in [3.8, 4) is 0 Å². The summed E-state index contributed by atoms with van der Waals surface area (Å²) in [6.07, 6.45) is 0.631. The maximum atomic E-state index is 9.63. The Hall–Kier alpha value is -1.06. The van der Waals surface area contributed by atoms with Crippen LogP contribution in [0.3, 0.4) is 0 Å². The number of carbonyl (C=O) groups excluding carboxylic acids is 1. The van der Waals surface area contributed by atoms with Crippen molar-refractivity contribution < 1.29 is 9.90 Å². The van der Waals surface area contributed by atoms with Crippen LogP contribution in [-0.4, -0.2) is 24.7 Å². The fraction of sp³-hybridized carbons (Fsp3) is 0.588. The Bertz CT molecular complexity index is 358. The van der Waals surface area contributed by atoms with Crippen LogP contribution in [0.1, 0.15) is 47.1 Å². The third kappa shape index (κ3) is 12.4. The molecular formula is C17H30ClNO2. The predicted molar refractivity (Wildman–Crippen MR) is 91.8 cm³/mol. The molecule has 0 aliphatic rings. The average Bonchev–Trinajstić information content (AvgIpc) is 2.47. The van der Waals surface area contributed by atoms with E-state index in [0.717, 1.165) is 5.02 Å². The molecule has 0 aromatic heterocycles. The molecule has 0 spiro atoms. The van der Waals surface area contributed by atoms with Crippen molar-refractivity contribution in [2.75, 3.05) is 13.2 Å². The average molecular weight is 316 g/mol. The molecule has 3 nitrogen and oxygen atoms in total. The SMILES string of the molecule is CC.CC(C)(C)c1ccc(Cl)cc1.CC(CO)CNC=O. The van der Waals surface area contributed by atoms with Gasteiger partial charge in [0.1, 0.15) is 0 Å². The molecule has 1 amide bonds. The van der Waals surface area contributed by atoms with Gasteiger partial charge in [-0.2, -0.15) is 0 Å². The van der Waals surface area contributed by atoms with Crippen LogP contribution in [0.15, 0.2) is 24.3 Å². The van der Waals surface area contributed by atoms with Gasteiger partial charge in [0.05, 0.1) is 0 Å². The smallest absolute Gasteiger partial charge is 0.207 e. The molecular weight excluding hydrogens is 286 g/mol. The lowest BCUT2D eigenvalue weighted by Gasteiger charge is -2.18. The molecule has 4 heteroatoms. The number of rotatable bonds is 4.